The summed E-state index contributed by atoms with van der Waals surface area (Å²) in [5, 5.41) is 5.83. The topological polar surface area (TPSA) is 61.4 Å². The first-order valence-corrected chi connectivity index (χ1v) is 9.14. The number of amides is 2. The van der Waals surface area contributed by atoms with Crippen LogP contribution in [-0.2, 0) is 11.3 Å². The first-order chi connectivity index (χ1) is 13.0. The molecule has 0 aliphatic heterocycles. The first kappa shape index (κ1) is 18.7. The number of carbonyl (C=O) groups excluding carboxylic acids is 2. The van der Waals surface area contributed by atoms with Crippen molar-refractivity contribution in [2.24, 2.45) is 0 Å². The third-order valence-electron chi connectivity index (χ3n) is 4.43. The van der Waals surface area contributed by atoms with E-state index in [1.807, 2.05) is 55.4 Å². The van der Waals surface area contributed by atoms with Gasteiger partial charge in [0.2, 0.25) is 5.91 Å². The number of rotatable bonds is 7. The normalized spacial score (nSPS) is 13.4. The van der Waals surface area contributed by atoms with Gasteiger partial charge < -0.3 is 15.5 Å². The second-order valence-corrected chi connectivity index (χ2v) is 6.98. The minimum Gasteiger partial charge on any atom is -0.378 e. The maximum atomic E-state index is 12.0. The Hall–Kier alpha value is -3.08. The van der Waals surface area contributed by atoms with Crippen LogP contribution in [0.3, 0.4) is 0 Å². The van der Waals surface area contributed by atoms with Gasteiger partial charge in [0.1, 0.15) is 0 Å². The number of hydrogen-bond donors (Lipinski definition) is 2. The summed E-state index contributed by atoms with van der Waals surface area (Å²) in [6.45, 7) is 0.483. The molecule has 2 N–H and O–H groups in total. The average Bonchev–Trinajstić information content (AvgIpc) is 3.49. The van der Waals surface area contributed by atoms with E-state index in [9.17, 15) is 9.59 Å². The molecule has 2 aromatic rings. The monoisotopic (exact) mass is 363 g/mol. The SMILES string of the molecule is CN(C)c1ccc(CNC(=O)/C=C/c2ccc(C(=O)NC3CC3)cc2)cc1. The lowest BCUT2D eigenvalue weighted by Crippen LogP contribution is -2.25. The zero-order valence-electron chi connectivity index (χ0n) is 15.7. The fourth-order valence-electron chi connectivity index (χ4n) is 2.57. The Morgan fingerprint density at radius 3 is 2.30 bits per heavy atom. The largest absolute Gasteiger partial charge is 0.378 e. The molecule has 5 nitrogen and oxygen atoms in total. The van der Waals surface area contributed by atoms with Gasteiger partial charge in [-0.05, 0) is 54.3 Å². The van der Waals surface area contributed by atoms with Crippen LogP contribution in [0.1, 0.15) is 34.3 Å². The minimum atomic E-state index is -0.151. The highest BCUT2D eigenvalue weighted by Gasteiger charge is 2.23. The van der Waals surface area contributed by atoms with Crippen molar-refractivity contribution in [3.05, 3.63) is 71.3 Å². The van der Waals surface area contributed by atoms with Crippen LogP contribution >= 0.6 is 0 Å². The Bertz CT molecular complexity index is 820. The van der Waals surface area contributed by atoms with Crippen LogP contribution in [0.2, 0.25) is 0 Å². The second-order valence-electron chi connectivity index (χ2n) is 6.98. The quantitative estimate of drug-likeness (QED) is 0.744. The third kappa shape index (κ3) is 5.71. The summed E-state index contributed by atoms with van der Waals surface area (Å²) in [4.78, 5) is 26.0. The van der Waals surface area contributed by atoms with E-state index in [0.717, 1.165) is 29.7 Å². The molecule has 2 amide bonds. The number of hydrogen-bond acceptors (Lipinski definition) is 3. The Balaban J connectivity index is 1.48. The average molecular weight is 363 g/mol. The summed E-state index contributed by atoms with van der Waals surface area (Å²) in [5.41, 5.74) is 3.70. The second kappa shape index (κ2) is 8.54. The fourth-order valence-corrected chi connectivity index (χ4v) is 2.57. The molecule has 1 aliphatic carbocycles. The molecule has 1 saturated carbocycles. The molecule has 0 radical (unpaired) electrons. The molecule has 0 heterocycles. The Kier molecular flexibility index (Phi) is 5.91. The van der Waals surface area contributed by atoms with Crippen LogP contribution in [0.15, 0.2) is 54.6 Å². The molecule has 5 heteroatoms. The van der Waals surface area contributed by atoms with Crippen LogP contribution < -0.4 is 15.5 Å². The number of benzene rings is 2. The van der Waals surface area contributed by atoms with Gasteiger partial charge in [-0.2, -0.15) is 0 Å². The third-order valence-corrected chi connectivity index (χ3v) is 4.43. The zero-order valence-corrected chi connectivity index (χ0v) is 15.7. The van der Waals surface area contributed by atoms with E-state index in [1.54, 1.807) is 18.2 Å². The van der Waals surface area contributed by atoms with Gasteiger partial charge >= 0.3 is 0 Å². The van der Waals surface area contributed by atoms with E-state index >= 15 is 0 Å². The highest BCUT2D eigenvalue weighted by molar-refractivity contribution is 5.95. The number of anilines is 1. The molecule has 0 spiro atoms. The molecule has 140 valence electrons. The van der Waals surface area contributed by atoms with Crippen molar-refractivity contribution in [2.45, 2.75) is 25.4 Å². The predicted molar refractivity (Wildman–Crippen MR) is 109 cm³/mol. The van der Waals surface area contributed by atoms with Gasteiger partial charge in [-0.3, -0.25) is 9.59 Å². The van der Waals surface area contributed by atoms with Gasteiger partial charge in [-0.25, -0.2) is 0 Å². The number of carbonyl (C=O) groups is 2. The zero-order chi connectivity index (χ0) is 19.2. The number of nitrogens with one attached hydrogen (secondary N) is 2. The van der Waals surface area contributed by atoms with Crippen LogP contribution in [0.4, 0.5) is 5.69 Å². The van der Waals surface area contributed by atoms with E-state index in [0.29, 0.717) is 18.2 Å². The van der Waals surface area contributed by atoms with E-state index in [4.69, 9.17) is 0 Å². The van der Waals surface area contributed by atoms with Crippen molar-refractivity contribution in [3.8, 4) is 0 Å². The maximum Gasteiger partial charge on any atom is 0.251 e. The summed E-state index contributed by atoms with van der Waals surface area (Å²) >= 11 is 0. The van der Waals surface area contributed by atoms with Crippen LogP contribution in [0.5, 0.6) is 0 Å². The molecule has 2 aromatic carbocycles. The van der Waals surface area contributed by atoms with Crippen molar-refractivity contribution < 1.29 is 9.59 Å². The lowest BCUT2D eigenvalue weighted by atomic mass is 10.1. The van der Waals surface area contributed by atoms with Gasteiger partial charge in [0.05, 0.1) is 0 Å². The van der Waals surface area contributed by atoms with Crippen molar-refractivity contribution in [1.29, 1.82) is 0 Å². The van der Waals surface area contributed by atoms with E-state index in [-0.39, 0.29) is 11.8 Å². The lowest BCUT2D eigenvalue weighted by Gasteiger charge is -2.12. The summed E-state index contributed by atoms with van der Waals surface area (Å²) in [6, 6.07) is 15.6. The van der Waals surface area contributed by atoms with Crippen molar-refractivity contribution in [3.63, 3.8) is 0 Å². The van der Waals surface area contributed by atoms with Crippen molar-refractivity contribution in [1.82, 2.24) is 10.6 Å². The molecule has 0 unspecified atom stereocenters. The van der Waals surface area contributed by atoms with Gasteiger partial charge in [0.25, 0.3) is 5.91 Å². The first-order valence-electron chi connectivity index (χ1n) is 9.14. The molecule has 0 aromatic heterocycles. The van der Waals surface area contributed by atoms with Gasteiger partial charge in [0.15, 0.2) is 0 Å². The number of nitrogens with zero attached hydrogens (tertiary/aromatic N) is 1. The van der Waals surface area contributed by atoms with Crippen LogP contribution in [0.25, 0.3) is 6.08 Å². The maximum absolute atomic E-state index is 12.0. The van der Waals surface area contributed by atoms with E-state index in [1.165, 1.54) is 6.08 Å². The molecule has 1 aliphatic rings. The lowest BCUT2D eigenvalue weighted by molar-refractivity contribution is -0.116. The predicted octanol–water partition coefficient (Wildman–Crippen LogP) is 2.97. The van der Waals surface area contributed by atoms with Gasteiger partial charge in [-0.15, -0.1) is 0 Å². The van der Waals surface area contributed by atoms with Crippen molar-refractivity contribution >= 4 is 23.6 Å². The highest BCUT2D eigenvalue weighted by Crippen LogP contribution is 2.19. The highest BCUT2D eigenvalue weighted by atomic mass is 16.2. The van der Waals surface area contributed by atoms with E-state index in [2.05, 4.69) is 10.6 Å². The van der Waals surface area contributed by atoms with Crippen molar-refractivity contribution in [2.75, 3.05) is 19.0 Å². The summed E-state index contributed by atoms with van der Waals surface area (Å²) in [5.74, 6) is -0.187. The smallest absolute Gasteiger partial charge is 0.251 e. The molecule has 3 rings (SSSR count). The molecular weight excluding hydrogens is 338 g/mol. The molecule has 0 saturated heterocycles. The molecule has 1 fully saturated rings. The summed E-state index contributed by atoms with van der Waals surface area (Å²) < 4.78 is 0. The van der Waals surface area contributed by atoms with Gasteiger partial charge in [0, 0.05) is 44.0 Å². The molecular formula is C22H25N3O2. The Morgan fingerprint density at radius 2 is 1.70 bits per heavy atom. The van der Waals surface area contributed by atoms with E-state index < -0.39 is 0 Å². The molecule has 0 bridgehead atoms. The van der Waals surface area contributed by atoms with Gasteiger partial charge in [-0.1, -0.05) is 24.3 Å². The molecule has 27 heavy (non-hydrogen) atoms. The van der Waals surface area contributed by atoms with Crippen LogP contribution in [-0.4, -0.2) is 32.0 Å². The summed E-state index contributed by atoms with van der Waals surface area (Å²) in [7, 11) is 3.99. The standard InChI is InChI=1S/C22H25N3O2/c1-25(2)20-12-5-17(6-13-20)15-23-21(26)14-7-16-3-8-18(9-4-16)22(27)24-19-10-11-19/h3-9,12-14,19H,10-11,15H2,1-2H3,(H,23,26)(H,24,27)/b14-7+. The minimum absolute atomic E-state index is 0.0361. The Labute approximate surface area is 160 Å². The van der Waals surface area contributed by atoms with Crippen LogP contribution in [0, 0.1) is 0 Å². The summed E-state index contributed by atoms with van der Waals surface area (Å²) in [6.07, 6.45) is 5.39. The molecule has 0 atom stereocenters. The fraction of sp³-hybridized carbons (Fsp3) is 0.273. The Morgan fingerprint density at radius 1 is 1.04 bits per heavy atom.